The number of pyridine rings is 1. The molecule has 22 heavy (non-hydrogen) atoms. The van der Waals surface area contributed by atoms with Gasteiger partial charge in [-0.25, -0.2) is 9.50 Å². The zero-order chi connectivity index (χ0) is 15.7. The highest BCUT2D eigenvalue weighted by atomic mass is 35.5. The Morgan fingerprint density at radius 1 is 1.23 bits per heavy atom. The molecule has 0 aliphatic rings. The number of fused-ring (bicyclic) bond motifs is 1. The number of amides is 1. The highest BCUT2D eigenvalue weighted by Gasteiger charge is 2.13. The van der Waals surface area contributed by atoms with Crippen LogP contribution in [0.1, 0.15) is 35.9 Å². The number of anilines is 1. The summed E-state index contributed by atoms with van der Waals surface area (Å²) in [5, 5.41) is 7.86. The van der Waals surface area contributed by atoms with Crippen LogP contribution in [0.5, 0.6) is 0 Å². The van der Waals surface area contributed by atoms with Crippen LogP contribution in [0.3, 0.4) is 0 Å². The van der Waals surface area contributed by atoms with E-state index in [4.69, 9.17) is 11.6 Å². The molecule has 0 saturated carbocycles. The molecule has 5 nitrogen and oxygen atoms in total. The molecule has 3 rings (SSSR count). The lowest BCUT2D eigenvalue weighted by atomic mass is 10.2. The van der Waals surface area contributed by atoms with E-state index in [-0.39, 0.29) is 11.8 Å². The number of nitrogens with one attached hydrogen (secondary N) is 1. The van der Waals surface area contributed by atoms with Crippen LogP contribution in [-0.2, 0) is 0 Å². The quantitative estimate of drug-likeness (QED) is 0.800. The number of hydrogen-bond donors (Lipinski definition) is 1. The Labute approximate surface area is 132 Å². The lowest BCUT2D eigenvalue weighted by molar-refractivity contribution is 0.102. The topological polar surface area (TPSA) is 59.3 Å². The average Bonchev–Trinajstić information content (AvgIpc) is 2.93. The summed E-state index contributed by atoms with van der Waals surface area (Å²) in [4.78, 5) is 16.8. The van der Waals surface area contributed by atoms with Gasteiger partial charge in [0.15, 0.2) is 11.5 Å². The summed E-state index contributed by atoms with van der Waals surface area (Å²) in [7, 11) is 0. The summed E-state index contributed by atoms with van der Waals surface area (Å²) < 4.78 is 1.67. The van der Waals surface area contributed by atoms with Crippen molar-refractivity contribution in [3.05, 3.63) is 59.0 Å². The molecule has 0 atom stereocenters. The fourth-order valence-corrected chi connectivity index (χ4v) is 2.19. The molecular weight excluding hydrogens is 300 g/mol. The molecule has 0 fully saturated rings. The smallest absolute Gasteiger partial charge is 0.255 e. The van der Waals surface area contributed by atoms with Gasteiger partial charge < -0.3 is 5.32 Å². The fraction of sp³-hybridized carbons (Fsp3) is 0.188. The number of carbonyl (C=O) groups excluding carboxylic acids is 1. The van der Waals surface area contributed by atoms with Gasteiger partial charge in [0, 0.05) is 22.7 Å². The van der Waals surface area contributed by atoms with Gasteiger partial charge in [0.2, 0.25) is 0 Å². The van der Waals surface area contributed by atoms with Crippen LogP contribution in [0, 0.1) is 0 Å². The van der Waals surface area contributed by atoms with E-state index in [1.54, 1.807) is 28.8 Å². The third kappa shape index (κ3) is 2.80. The van der Waals surface area contributed by atoms with Gasteiger partial charge >= 0.3 is 0 Å². The van der Waals surface area contributed by atoms with E-state index < -0.39 is 0 Å². The number of aromatic nitrogens is 3. The van der Waals surface area contributed by atoms with Crippen LogP contribution in [0.2, 0.25) is 5.02 Å². The van der Waals surface area contributed by atoms with Crippen molar-refractivity contribution in [2.75, 3.05) is 5.32 Å². The van der Waals surface area contributed by atoms with Gasteiger partial charge in [0.05, 0.1) is 5.69 Å². The third-order valence-corrected chi connectivity index (χ3v) is 3.50. The van der Waals surface area contributed by atoms with Crippen molar-refractivity contribution < 1.29 is 4.79 Å². The Hall–Kier alpha value is -2.40. The molecule has 0 unspecified atom stereocenters. The van der Waals surface area contributed by atoms with Crippen molar-refractivity contribution in [1.82, 2.24) is 14.6 Å². The molecule has 0 aliphatic carbocycles. The lowest BCUT2D eigenvalue weighted by Gasteiger charge is -2.06. The molecule has 1 amide bonds. The second-order valence-electron chi connectivity index (χ2n) is 5.28. The summed E-state index contributed by atoms with van der Waals surface area (Å²) in [6, 6.07) is 10.4. The van der Waals surface area contributed by atoms with E-state index in [9.17, 15) is 4.79 Å². The van der Waals surface area contributed by atoms with Crippen molar-refractivity contribution in [2.45, 2.75) is 19.8 Å². The molecule has 0 spiro atoms. The molecule has 112 valence electrons. The van der Waals surface area contributed by atoms with Crippen LogP contribution < -0.4 is 5.32 Å². The highest BCUT2D eigenvalue weighted by molar-refractivity contribution is 6.30. The van der Waals surface area contributed by atoms with Gasteiger partial charge in [-0.05, 0) is 36.4 Å². The molecule has 6 heteroatoms. The van der Waals surface area contributed by atoms with Gasteiger partial charge in [-0.3, -0.25) is 4.79 Å². The predicted molar refractivity (Wildman–Crippen MR) is 86.5 cm³/mol. The van der Waals surface area contributed by atoms with E-state index in [0.29, 0.717) is 21.9 Å². The van der Waals surface area contributed by atoms with Crippen molar-refractivity contribution in [2.24, 2.45) is 0 Å². The minimum Gasteiger partial charge on any atom is -0.319 e. The van der Waals surface area contributed by atoms with Crippen LogP contribution >= 0.6 is 11.6 Å². The Morgan fingerprint density at radius 2 is 1.95 bits per heavy atom. The highest BCUT2D eigenvalue weighted by Crippen LogP contribution is 2.19. The van der Waals surface area contributed by atoms with Gasteiger partial charge in [-0.1, -0.05) is 25.4 Å². The molecule has 1 N–H and O–H groups in total. The summed E-state index contributed by atoms with van der Waals surface area (Å²) in [5.74, 6) is 0.756. The first-order valence-electron chi connectivity index (χ1n) is 6.97. The standard InChI is InChI=1S/C16H15ClN4O/c1-10(2)14-19-15-13(4-3-9-21(15)20-14)18-16(22)11-5-7-12(17)8-6-11/h3-10H,1-2H3,(H,18,22). The van der Waals surface area contributed by atoms with Crippen LogP contribution in [0.15, 0.2) is 42.6 Å². The molecule has 0 aliphatic heterocycles. The number of hydrogen-bond acceptors (Lipinski definition) is 3. The van der Waals surface area contributed by atoms with E-state index in [1.807, 2.05) is 32.2 Å². The van der Waals surface area contributed by atoms with Crippen molar-refractivity contribution >= 4 is 28.8 Å². The average molecular weight is 315 g/mol. The summed E-state index contributed by atoms with van der Waals surface area (Å²) >= 11 is 5.83. The molecular formula is C16H15ClN4O. The Bertz CT molecular complexity index is 824. The number of nitrogens with zero attached hydrogens (tertiary/aromatic N) is 3. The molecule has 2 aromatic heterocycles. The first-order valence-corrected chi connectivity index (χ1v) is 7.34. The van der Waals surface area contributed by atoms with Crippen LogP contribution in [-0.4, -0.2) is 20.5 Å². The molecule has 1 aromatic carbocycles. The maximum Gasteiger partial charge on any atom is 0.255 e. The number of halogens is 1. The van der Waals surface area contributed by atoms with E-state index in [1.165, 1.54) is 0 Å². The lowest BCUT2D eigenvalue weighted by Crippen LogP contribution is -2.12. The Balaban J connectivity index is 1.93. The number of benzene rings is 1. The largest absolute Gasteiger partial charge is 0.319 e. The predicted octanol–water partition coefficient (Wildman–Crippen LogP) is 3.76. The zero-order valence-electron chi connectivity index (χ0n) is 12.2. The molecule has 3 aromatic rings. The monoisotopic (exact) mass is 314 g/mol. The minimum atomic E-state index is -0.209. The maximum atomic E-state index is 12.3. The first kappa shape index (κ1) is 14.5. The maximum absolute atomic E-state index is 12.3. The van der Waals surface area contributed by atoms with Crippen molar-refractivity contribution in [3.63, 3.8) is 0 Å². The van der Waals surface area contributed by atoms with E-state index in [0.717, 1.165) is 5.82 Å². The van der Waals surface area contributed by atoms with Crippen molar-refractivity contribution in [1.29, 1.82) is 0 Å². The molecule has 0 radical (unpaired) electrons. The fourth-order valence-electron chi connectivity index (χ4n) is 2.06. The van der Waals surface area contributed by atoms with Gasteiger partial charge in [0.25, 0.3) is 5.91 Å². The molecule has 0 bridgehead atoms. The second-order valence-corrected chi connectivity index (χ2v) is 5.71. The third-order valence-electron chi connectivity index (χ3n) is 3.25. The van der Waals surface area contributed by atoms with E-state index in [2.05, 4.69) is 15.4 Å². The van der Waals surface area contributed by atoms with Crippen molar-refractivity contribution in [3.8, 4) is 0 Å². The van der Waals surface area contributed by atoms with Gasteiger partial charge in [-0.15, -0.1) is 0 Å². The Kier molecular flexibility index (Phi) is 3.81. The normalized spacial score (nSPS) is 11.1. The molecule has 0 saturated heterocycles. The van der Waals surface area contributed by atoms with E-state index >= 15 is 0 Å². The molecule has 2 heterocycles. The zero-order valence-corrected chi connectivity index (χ0v) is 13.0. The van der Waals surface area contributed by atoms with Crippen LogP contribution in [0.4, 0.5) is 5.69 Å². The van der Waals surface area contributed by atoms with Gasteiger partial charge in [0.1, 0.15) is 0 Å². The second kappa shape index (κ2) is 5.77. The van der Waals surface area contributed by atoms with Crippen LogP contribution in [0.25, 0.3) is 5.65 Å². The number of carbonyl (C=O) groups is 1. The Morgan fingerprint density at radius 3 is 2.64 bits per heavy atom. The summed E-state index contributed by atoms with van der Waals surface area (Å²) in [5.41, 5.74) is 1.80. The number of rotatable bonds is 3. The summed E-state index contributed by atoms with van der Waals surface area (Å²) in [6.45, 7) is 4.06. The summed E-state index contributed by atoms with van der Waals surface area (Å²) in [6.07, 6.45) is 1.81. The first-order chi connectivity index (χ1) is 10.5. The SMILES string of the molecule is CC(C)c1nc2c(NC(=O)c3ccc(Cl)cc3)cccn2n1. The minimum absolute atomic E-state index is 0.209. The van der Waals surface area contributed by atoms with Gasteiger partial charge in [-0.2, -0.15) is 5.10 Å².